The van der Waals surface area contributed by atoms with Gasteiger partial charge in [0.1, 0.15) is 5.82 Å². The van der Waals surface area contributed by atoms with Gasteiger partial charge in [0.25, 0.3) is 0 Å². The van der Waals surface area contributed by atoms with Crippen LogP contribution in [0.4, 0.5) is 10.1 Å². The summed E-state index contributed by atoms with van der Waals surface area (Å²) in [7, 11) is 2.07. The van der Waals surface area contributed by atoms with E-state index in [2.05, 4.69) is 11.9 Å². The van der Waals surface area contributed by atoms with Crippen LogP contribution < -0.4 is 10.6 Å². The topological polar surface area (TPSA) is 29.3 Å². The SMILES string of the molecule is CC(N)Cc1c(F)cccc1N(C)C1CCSC1. The molecule has 1 fully saturated rings. The number of nitrogens with two attached hydrogens (primary N) is 1. The molecule has 100 valence electrons. The fourth-order valence-electron chi connectivity index (χ4n) is 2.43. The molecule has 0 amide bonds. The molecule has 2 rings (SSSR count). The van der Waals surface area contributed by atoms with Crippen molar-refractivity contribution in [2.75, 3.05) is 23.5 Å². The van der Waals surface area contributed by atoms with Crippen LogP contribution in [0, 0.1) is 5.82 Å². The highest BCUT2D eigenvalue weighted by Crippen LogP contribution is 2.30. The van der Waals surface area contributed by atoms with Crippen molar-refractivity contribution in [2.24, 2.45) is 5.73 Å². The average molecular weight is 268 g/mol. The molecule has 2 nitrogen and oxygen atoms in total. The first-order valence-electron chi connectivity index (χ1n) is 6.43. The van der Waals surface area contributed by atoms with Crippen molar-refractivity contribution in [2.45, 2.75) is 31.8 Å². The molecule has 1 aromatic rings. The van der Waals surface area contributed by atoms with E-state index in [-0.39, 0.29) is 11.9 Å². The quantitative estimate of drug-likeness (QED) is 0.910. The molecule has 1 aromatic carbocycles. The minimum atomic E-state index is -0.137. The Balaban J connectivity index is 2.27. The molecule has 0 aliphatic carbocycles. The number of rotatable bonds is 4. The van der Waals surface area contributed by atoms with Crippen LogP contribution in [0.15, 0.2) is 18.2 Å². The van der Waals surface area contributed by atoms with E-state index in [0.717, 1.165) is 17.0 Å². The number of benzene rings is 1. The van der Waals surface area contributed by atoms with Gasteiger partial charge in [0.2, 0.25) is 0 Å². The monoisotopic (exact) mass is 268 g/mol. The number of nitrogens with zero attached hydrogens (tertiary/aromatic N) is 1. The standard InChI is InChI=1S/C14H21FN2S/c1-10(16)8-12-13(15)4-3-5-14(12)17(2)11-6-7-18-9-11/h3-5,10-11H,6-9,16H2,1-2H3. The molecule has 2 unspecified atom stereocenters. The van der Waals surface area contributed by atoms with Gasteiger partial charge in [0, 0.05) is 36.1 Å². The maximum absolute atomic E-state index is 14.0. The van der Waals surface area contributed by atoms with E-state index in [1.54, 1.807) is 6.07 Å². The van der Waals surface area contributed by atoms with Gasteiger partial charge in [-0.15, -0.1) is 0 Å². The largest absolute Gasteiger partial charge is 0.370 e. The van der Waals surface area contributed by atoms with Crippen LogP contribution in [-0.4, -0.2) is 30.6 Å². The molecular formula is C14H21FN2S. The number of hydrogen-bond acceptors (Lipinski definition) is 3. The summed E-state index contributed by atoms with van der Waals surface area (Å²) in [5, 5.41) is 0. The van der Waals surface area contributed by atoms with Gasteiger partial charge >= 0.3 is 0 Å². The van der Waals surface area contributed by atoms with Crippen LogP contribution in [0.5, 0.6) is 0 Å². The van der Waals surface area contributed by atoms with Gasteiger partial charge < -0.3 is 10.6 Å². The first kappa shape index (κ1) is 13.7. The molecule has 18 heavy (non-hydrogen) atoms. The Kier molecular flexibility index (Phi) is 4.51. The Morgan fingerprint density at radius 2 is 2.33 bits per heavy atom. The van der Waals surface area contributed by atoms with E-state index in [4.69, 9.17) is 5.73 Å². The molecule has 2 atom stereocenters. The van der Waals surface area contributed by atoms with Gasteiger partial charge in [-0.25, -0.2) is 4.39 Å². The van der Waals surface area contributed by atoms with Crippen LogP contribution in [0.2, 0.25) is 0 Å². The maximum Gasteiger partial charge on any atom is 0.128 e. The van der Waals surface area contributed by atoms with Crippen LogP contribution in [0.25, 0.3) is 0 Å². The van der Waals surface area contributed by atoms with E-state index < -0.39 is 0 Å². The second-order valence-electron chi connectivity index (χ2n) is 5.05. The lowest BCUT2D eigenvalue weighted by atomic mass is 10.0. The molecule has 0 radical (unpaired) electrons. The molecule has 2 N–H and O–H groups in total. The van der Waals surface area contributed by atoms with Crippen molar-refractivity contribution in [3.63, 3.8) is 0 Å². The molecule has 1 saturated heterocycles. The van der Waals surface area contributed by atoms with Gasteiger partial charge in [-0.05, 0) is 37.7 Å². The van der Waals surface area contributed by atoms with Crippen LogP contribution in [0.1, 0.15) is 18.9 Å². The average Bonchev–Trinajstić information content (AvgIpc) is 2.84. The summed E-state index contributed by atoms with van der Waals surface area (Å²) < 4.78 is 14.0. The maximum atomic E-state index is 14.0. The van der Waals surface area contributed by atoms with Gasteiger partial charge in [-0.3, -0.25) is 0 Å². The van der Waals surface area contributed by atoms with Crippen molar-refractivity contribution in [3.05, 3.63) is 29.6 Å². The number of anilines is 1. The predicted molar refractivity (Wildman–Crippen MR) is 77.9 cm³/mol. The van der Waals surface area contributed by atoms with Crippen molar-refractivity contribution in [3.8, 4) is 0 Å². The van der Waals surface area contributed by atoms with Crippen molar-refractivity contribution in [1.82, 2.24) is 0 Å². The molecule has 1 heterocycles. The zero-order valence-corrected chi connectivity index (χ0v) is 11.8. The molecule has 1 aliphatic rings. The third-order valence-electron chi connectivity index (χ3n) is 3.45. The van der Waals surface area contributed by atoms with E-state index in [1.807, 2.05) is 24.8 Å². The summed E-state index contributed by atoms with van der Waals surface area (Å²) >= 11 is 1.97. The van der Waals surface area contributed by atoms with E-state index in [1.165, 1.54) is 18.2 Å². The zero-order valence-electron chi connectivity index (χ0n) is 11.0. The Morgan fingerprint density at radius 3 is 2.94 bits per heavy atom. The molecule has 4 heteroatoms. The fraction of sp³-hybridized carbons (Fsp3) is 0.571. The third-order valence-corrected chi connectivity index (χ3v) is 4.60. The summed E-state index contributed by atoms with van der Waals surface area (Å²) in [6.45, 7) is 1.92. The summed E-state index contributed by atoms with van der Waals surface area (Å²) in [5.41, 5.74) is 7.58. The number of thioether (sulfide) groups is 1. The fourth-order valence-corrected chi connectivity index (χ4v) is 3.69. The van der Waals surface area contributed by atoms with Crippen molar-refractivity contribution >= 4 is 17.4 Å². The summed E-state index contributed by atoms with van der Waals surface area (Å²) in [6.07, 6.45) is 1.77. The molecule has 0 saturated carbocycles. The van der Waals surface area contributed by atoms with Crippen LogP contribution in [0.3, 0.4) is 0 Å². The van der Waals surface area contributed by atoms with E-state index in [9.17, 15) is 4.39 Å². The predicted octanol–water partition coefficient (Wildman–Crippen LogP) is 2.66. The smallest absolute Gasteiger partial charge is 0.128 e. The lowest BCUT2D eigenvalue weighted by Gasteiger charge is -2.29. The second-order valence-corrected chi connectivity index (χ2v) is 6.20. The number of halogens is 1. The Morgan fingerprint density at radius 1 is 1.56 bits per heavy atom. The molecule has 0 aromatic heterocycles. The summed E-state index contributed by atoms with van der Waals surface area (Å²) in [4.78, 5) is 2.22. The van der Waals surface area contributed by atoms with E-state index >= 15 is 0 Å². The molecule has 0 spiro atoms. The Hall–Kier alpha value is -0.740. The van der Waals surface area contributed by atoms with Gasteiger partial charge in [-0.2, -0.15) is 11.8 Å². The highest BCUT2D eigenvalue weighted by Gasteiger charge is 2.23. The first-order chi connectivity index (χ1) is 8.59. The van der Waals surface area contributed by atoms with Crippen molar-refractivity contribution < 1.29 is 4.39 Å². The highest BCUT2D eigenvalue weighted by molar-refractivity contribution is 7.99. The molecular weight excluding hydrogens is 247 g/mol. The Labute approximate surface area is 113 Å². The van der Waals surface area contributed by atoms with Gasteiger partial charge in [-0.1, -0.05) is 6.07 Å². The minimum absolute atomic E-state index is 0.0213. The summed E-state index contributed by atoms with van der Waals surface area (Å²) in [5.74, 6) is 2.19. The number of hydrogen-bond donors (Lipinski definition) is 1. The summed E-state index contributed by atoms with van der Waals surface area (Å²) in [6, 6.07) is 5.81. The van der Waals surface area contributed by atoms with Crippen LogP contribution >= 0.6 is 11.8 Å². The molecule has 0 bridgehead atoms. The van der Waals surface area contributed by atoms with Gasteiger partial charge in [0.05, 0.1) is 0 Å². The highest BCUT2D eigenvalue weighted by atomic mass is 32.2. The normalized spacial score (nSPS) is 21.0. The third kappa shape index (κ3) is 2.98. The van der Waals surface area contributed by atoms with Crippen molar-refractivity contribution in [1.29, 1.82) is 0 Å². The lowest BCUT2D eigenvalue weighted by molar-refractivity contribution is 0.591. The van der Waals surface area contributed by atoms with Crippen LogP contribution in [-0.2, 0) is 6.42 Å². The molecule has 1 aliphatic heterocycles. The Bertz CT molecular complexity index is 403. The minimum Gasteiger partial charge on any atom is -0.370 e. The van der Waals surface area contributed by atoms with E-state index in [0.29, 0.717) is 12.5 Å². The lowest BCUT2D eigenvalue weighted by Crippen LogP contribution is -2.33. The van der Waals surface area contributed by atoms with Gasteiger partial charge in [0.15, 0.2) is 0 Å². The zero-order chi connectivity index (χ0) is 13.1. The first-order valence-corrected chi connectivity index (χ1v) is 7.58. The second kappa shape index (κ2) is 5.93.